The van der Waals surface area contributed by atoms with E-state index in [1.165, 1.54) is 0 Å². The van der Waals surface area contributed by atoms with Gasteiger partial charge < -0.3 is 14.5 Å². The zero-order chi connectivity index (χ0) is 18.5. The molecule has 0 bridgehead atoms. The first-order valence-electron chi connectivity index (χ1n) is 8.36. The molecule has 0 fully saturated rings. The summed E-state index contributed by atoms with van der Waals surface area (Å²) < 4.78 is 11.3. The first-order valence-corrected chi connectivity index (χ1v) is 8.74. The number of aryl methyl sites for hydroxylation is 1. The molecule has 1 amide bonds. The fourth-order valence-electron chi connectivity index (χ4n) is 2.53. The lowest BCUT2D eigenvalue weighted by Crippen LogP contribution is -2.26. The molecule has 1 N–H and O–H groups in total. The van der Waals surface area contributed by atoms with Crippen LogP contribution in [0.1, 0.15) is 40.4 Å². The molecule has 0 spiro atoms. The summed E-state index contributed by atoms with van der Waals surface area (Å²) >= 11 is 6.00. The summed E-state index contributed by atoms with van der Waals surface area (Å²) in [5.41, 5.74) is 1.98. The summed E-state index contributed by atoms with van der Waals surface area (Å²) in [5, 5.41) is 3.62. The van der Waals surface area contributed by atoms with Crippen LogP contribution in [0.15, 0.2) is 65.1 Å². The van der Waals surface area contributed by atoms with E-state index in [0.29, 0.717) is 16.5 Å². The van der Waals surface area contributed by atoms with E-state index in [0.717, 1.165) is 11.1 Å². The highest BCUT2D eigenvalue weighted by Gasteiger charge is 2.15. The van der Waals surface area contributed by atoms with Crippen LogP contribution >= 0.6 is 11.6 Å². The number of carbonyl (C=O) groups excluding carboxylic acids is 1. The molecule has 134 valence electrons. The van der Waals surface area contributed by atoms with Crippen molar-refractivity contribution in [3.8, 4) is 5.75 Å². The molecule has 4 nitrogen and oxygen atoms in total. The van der Waals surface area contributed by atoms with Gasteiger partial charge in [0.05, 0.1) is 6.04 Å². The second-order valence-electron chi connectivity index (χ2n) is 6.07. The number of furan rings is 1. The molecule has 0 radical (unpaired) electrons. The zero-order valence-electron chi connectivity index (χ0n) is 14.7. The summed E-state index contributed by atoms with van der Waals surface area (Å²) in [6.45, 7) is 4.09. The van der Waals surface area contributed by atoms with Crippen molar-refractivity contribution in [2.24, 2.45) is 0 Å². The van der Waals surface area contributed by atoms with E-state index in [9.17, 15) is 4.79 Å². The highest BCUT2D eigenvalue weighted by atomic mass is 35.5. The number of hydrogen-bond acceptors (Lipinski definition) is 3. The van der Waals surface area contributed by atoms with E-state index in [1.807, 2.05) is 50.2 Å². The van der Waals surface area contributed by atoms with E-state index in [4.69, 9.17) is 20.8 Å². The average molecular weight is 370 g/mol. The zero-order valence-corrected chi connectivity index (χ0v) is 15.4. The number of halogens is 1. The second-order valence-corrected chi connectivity index (χ2v) is 6.48. The first-order chi connectivity index (χ1) is 12.5. The Labute approximate surface area is 157 Å². The molecular formula is C21H20ClNO3. The van der Waals surface area contributed by atoms with Gasteiger partial charge in [0, 0.05) is 5.02 Å². The number of carbonyl (C=O) groups is 1. The first kappa shape index (κ1) is 18.1. The highest BCUT2D eigenvalue weighted by molar-refractivity contribution is 6.31. The summed E-state index contributed by atoms with van der Waals surface area (Å²) in [7, 11) is 0. The predicted molar refractivity (Wildman–Crippen MR) is 102 cm³/mol. The average Bonchev–Trinajstić information content (AvgIpc) is 3.12. The lowest BCUT2D eigenvalue weighted by Gasteiger charge is -2.13. The van der Waals surface area contributed by atoms with Crippen molar-refractivity contribution in [2.75, 3.05) is 0 Å². The Bertz CT molecular complexity index is 889. The second kappa shape index (κ2) is 8.11. The Hall–Kier alpha value is -2.72. The molecule has 2 aromatic carbocycles. The number of hydrogen-bond donors (Lipinski definition) is 1. The third-order valence-corrected chi connectivity index (χ3v) is 4.47. The minimum atomic E-state index is -0.255. The number of benzene rings is 2. The van der Waals surface area contributed by atoms with Crippen LogP contribution in [0.4, 0.5) is 0 Å². The van der Waals surface area contributed by atoms with Crippen LogP contribution in [0.5, 0.6) is 5.75 Å². The van der Waals surface area contributed by atoms with Crippen molar-refractivity contribution in [3.05, 3.63) is 88.3 Å². The molecule has 1 atom stereocenters. The Morgan fingerprint density at radius 2 is 1.92 bits per heavy atom. The Kier molecular flexibility index (Phi) is 5.64. The number of ether oxygens (including phenoxy) is 1. The van der Waals surface area contributed by atoms with Gasteiger partial charge in [0.1, 0.15) is 18.1 Å². The van der Waals surface area contributed by atoms with E-state index >= 15 is 0 Å². The fraction of sp³-hybridized carbons (Fsp3) is 0.190. The van der Waals surface area contributed by atoms with E-state index in [1.54, 1.807) is 24.3 Å². The maximum absolute atomic E-state index is 12.3. The molecule has 0 aliphatic rings. The maximum Gasteiger partial charge on any atom is 0.287 e. The van der Waals surface area contributed by atoms with E-state index in [2.05, 4.69) is 5.32 Å². The van der Waals surface area contributed by atoms with Crippen molar-refractivity contribution >= 4 is 17.5 Å². The quantitative estimate of drug-likeness (QED) is 0.640. The van der Waals surface area contributed by atoms with Crippen molar-refractivity contribution < 1.29 is 13.9 Å². The molecule has 5 heteroatoms. The molecule has 0 saturated carbocycles. The smallest absolute Gasteiger partial charge is 0.287 e. The van der Waals surface area contributed by atoms with Crippen LogP contribution in [0.3, 0.4) is 0 Å². The van der Waals surface area contributed by atoms with Crippen LogP contribution in [0.2, 0.25) is 5.02 Å². The van der Waals surface area contributed by atoms with Crippen molar-refractivity contribution in [1.29, 1.82) is 0 Å². The SMILES string of the molecule is Cc1cc(OCc2ccc(C(=O)N[C@H](C)c3ccccc3)o2)ccc1Cl. The Morgan fingerprint density at radius 3 is 2.65 bits per heavy atom. The monoisotopic (exact) mass is 369 g/mol. The van der Waals surface area contributed by atoms with Gasteiger partial charge >= 0.3 is 0 Å². The summed E-state index contributed by atoms with van der Waals surface area (Å²) in [5.74, 6) is 1.29. The number of rotatable bonds is 6. The van der Waals surface area contributed by atoms with Crippen LogP contribution < -0.4 is 10.1 Å². The molecule has 3 rings (SSSR count). The molecule has 0 aliphatic carbocycles. The predicted octanol–water partition coefficient (Wildman–Crippen LogP) is 5.31. The minimum absolute atomic E-state index is 0.106. The van der Waals surface area contributed by atoms with Gasteiger partial charge in [0.15, 0.2) is 5.76 Å². The molecule has 0 aliphatic heterocycles. The molecule has 0 saturated heterocycles. The van der Waals surface area contributed by atoms with Crippen molar-refractivity contribution in [2.45, 2.75) is 26.5 Å². The van der Waals surface area contributed by atoms with E-state index < -0.39 is 0 Å². The molecule has 3 aromatic rings. The Morgan fingerprint density at radius 1 is 1.15 bits per heavy atom. The third-order valence-electron chi connectivity index (χ3n) is 4.04. The van der Waals surface area contributed by atoms with Gasteiger partial charge in [-0.05, 0) is 55.3 Å². The topological polar surface area (TPSA) is 51.5 Å². The molecule has 0 unspecified atom stereocenters. The third kappa shape index (κ3) is 4.46. The normalized spacial score (nSPS) is 11.8. The van der Waals surface area contributed by atoms with Gasteiger partial charge in [-0.15, -0.1) is 0 Å². The van der Waals surface area contributed by atoms with Gasteiger partial charge in [-0.1, -0.05) is 41.9 Å². The minimum Gasteiger partial charge on any atom is -0.486 e. The molecule has 1 aromatic heterocycles. The molecule has 1 heterocycles. The van der Waals surface area contributed by atoms with Crippen molar-refractivity contribution in [3.63, 3.8) is 0 Å². The van der Waals surface area contributed by atoms with E-state index in [-0.39, 0.29) is 24.3 Å². The van der Waals surface area contributed by atoms with Crippen LogP contribution in [0, 0.1) is 6.92 Å². The van der Waals surface area contributed by atoms with Gasteiger partial charge in [-0.3, -0.25) is 4.79 Å². The summed E-state index contributed by atoms with van der Waals surface area (Å²) in [4.78, 5) is 12.3. The standard InChI is InChI=1S/C21H20ClNO3/c1-14-12-17(8-10-19(14)22)25-13-18-9-11-20(26-18)21(24)23-15(2)16-6-4-3-5-7-16/h3-12,15H,13H2,1-2H3,(H,23,24)/t15-/m1/s1. The largest absolute Gasteiger partial charge is 0.486 e. The van der Waals surface area contributed by atoms with Gasteiger partial charge in [-0.25, -0.2) is 0 Å². The maximum atomic E-state index is 12.3. The number of amides is 1. The van der Waals surface area contributed by atoms with Gasteiger partial charge in [-0.2, -0.15) is 0 Å². The fourth-order valence-corrected chi connectivity index (χ4v) is 2.65. The van der Waals surface area contributed by atoms with Gasteiger partial charge in [0.25, 0.3) is 5.91 Å². The van der Waals surface area contributed by atoms with Gasteiger partial charge in [0.2, 0.25) is 0 Å². The highest BCUT2D eigenvalue weighted by Crippen LogP contribution is 2.22. The van der Waals surface area contributed by atoms with Crippen molar-refractivity contribution in [1.82, 2.24) is 5.32 Å². The summed E-state index contributed by atoms with van der Waals surface area (Å²) in [6.07, 6.45) is 0. The number of nitrogens with one attached hydrogen (secondary N) is 1. The van der Waals surface area contributed by atoms with Crippen LogP contribution in [-0.4, -0.2) is 5.91 Å². The molecular weight excluding hydrogens is 350 g/mol. The lowest BCUT2D eigenvalue weighted by molar-refractivity contribution is 0.0907. The van der Waals surface area contributed by atoms with Crippen LogP contribution in [-0.2, 0) is 6.61 Å². The van der Waals surface area contributed by atoms with Crippen LogP contribution in [0.25, 0.3) is 0 Å². The molecule has 26 heavy (non-hydrogen) atoms. The lowest BCUT2D eigenvalue weighted by atomic mass is 10.1. The Balaban J connectivity index is 1.58. The summed E-state index contributed by atoms with van der Waals surface area (Å²) in [6, 6.07) is 18.5.